The van der Waals surface area contributed by atoms with E-state index in [1.807, 2.05) is 0 Å². The molecule has 0 aliphatic carbocycles. The Balaban J connectivity index is 1.92. The number of alkyl halides is 3. The van der Waals surface area contributed by atoms with Crippen molar-refractivity contribution >= 4 is 23.6 Å². The Morgan fingerprint density at radius 2 is 1.96 bits per heavy atom. The number of nitrogens with zero attached hydrogens (tertiary/aromatic N) is 1. The number of thioether (sulfide) groups is 1. The molecule has 2 amide bonds. The zero-order chi connectivity index (χ0) is 17.0. The van der Waals surface area contributed by atoms with E-state index in [1.165, 1.54) is 12.1 Å². The first-order valence-corrected chi connectivity index (χ1v) is 7.51. The maximum atomic E-state index is 12.6. The molecule has 0 aliphatic heterocycles. The average Bonchev–Trinajstić information content (AvgIpc) is 2.91. The fourth-order valence-electron chi connectivity index (χ4n) is 1.83. The summed E-state index contributed by atoms with van der Waals surface area (Å²) >= 11 is 0.931. The molecule has 122 valence electrons. The lowest BCUT2D eigenvalue weighted by Crippen LogP contribution is -2.32. The van der Waals surface area contributed by atoms with Crippen LogP contribution in [0.4, 0.5) is 13.2 Å². The van der Waals surface area contributed by atoms with Crippen LogP contribution < -0.4 is 5.32 Å². The Morgan fingerprint density at radius 3 is 2.57 bits per heavy atom. The number of carbonyl (C=O) groups is 2. The third-order valence-electron chi connectivity index (χ3n) is 2.96. The molecular weight excluding hydrogens is 329 g/mol. The van der Waals surface area contributed by atoms with Crippen LogP contribution in [0.2, 0.25) is 0 Å². The quantitative estimate of drug-likeness (QED) is 0.869. The standard InChI is InChI=1S/C15H13F3N2O2S/c1-20-7-3-6-12(20)14(22)19-13(21)9-23-11-5-2-4-10(8-11)15(16,17)18/h2-8H,9H2,1H3,(H,19,21,22). The van der Waals surface area contributed by atoms with E-state index in [0.29, 0.717) is 10.6 Å². The van der Waals surface area contributed by atoms with Crippen molar-refractivity contribution in [2.45, 2.75) is 11.1 Å². The zero-order valence-corrected chi connectivity index (χ0v) is 12.9. The van der Waals surface area contributed by atoms with Crippen LogP contribution >= 0.6 is 11.8 Å². The fraction of sp³-hybridized carbons (Fsp3) is 0.200. The molecule has 2 aromatic rings. The lowest BCUT2D eigenvalue weighted by Gasteiger charge is -2.08. The molecule has 1 N–H and O–H groups in total. The first-order chi connectivity index (χ1) is 10.8. The number of halogens is 3. The summed E-state index contributed by atoms with van der Waals surface area (Å²) in [6.45, 7) is 0. The van der Waals surface area contributed by atoms with Crippen molar-refractivity contribution in [3.05, 3.63) is 53.9 Å². The molecule has 23 heavy (non-hydrogen) atoms. The number of hydrogen-bond donors (Lipinski definition) is 1. The van der Waals surface area contributed by atoms with Crippen LogP contribution in [-0.2, 0) is 18.0 Å². The van der Waals surface area contributed by atoms with Crippen molar-refractivity contribution in [1.82, 2.24) is 9.88 Å². The van der Waals surface area contributed by atoms with Gasteiger partial charge in [-0.25, -0.2) is 0 Å². The van der Waals surface area contributed by atoms with Gasteiger partial charge < -0.3 is 4.57 Å². The highest BCUT2D eigenvalue weighted by molar-refractivity contribution is 8.00. The lowest BCUT2D eigenvalue weighted by atomic mass is 10.2. The largest absolute Gasteiger partial charge is 0.416 e. The summed E-state index contributed by atoms with van der Waals surface area (Å²) in [5, 5.41) is 2.20. The van der Waals surface area contributed by atoms with Gasteiger partial charge in [0.2, 0.25) is 5.91 Å². The maximum absolute atomic E-state index is 12.6. The van der Waals surface area contributed by atoms with Crippen molar-refractivity contribution in [3.8, 4) is 0 Å². The third-order valence-corrected chi connectivity index (χ3v) is 3.95. The van der Waals surface area contributed by atoms with Gasteiger partial charge >= 0.3 is 6.18 Å². The van der Waals surface area contributed by atoms with Gasteiger partial charge in [0.25, 0.3) is 5.91 Å². The normalized spacial score (nSPS) is 11.3. The molecule has 2 rings (SSSR count). The van der Waals surface area contributed by atoms with E-state index in [2.05, 4.69) is 5.32 Å². The van der Waals surface area contributed by atoms with Gasteiger partial charge in [-0.05, 0) is 30.3 Å². The van der Waals surface area contributed by atoms with Crippen LogP contribution in [0.5, 0.6) is 0 Å². The number of imide groups is 1. The van der Waals surface area contributed by atoms with Crippen molar-refractivity contribution in [2.75, 3.05) is 5.75 Å². The highest BCUT2D eigenvalue weighted by Crippen LogP contribution is 2.31. The predicted octanol–water partition coefficient (Wildman–Crippen LogP) is 3.09. The minimum atomic E-state index is -4.43. The monoisotopic (exact) mass is 342 g/mol. The minimum absolute atomic E-state index is 0.155. The van der Waals surface area contributed by atoms with Gasteiger partial charge in [-0.15, -0.1) is 11.8 Å². The van der Waals surface area contributed by atoms with E-state index in [4.69, 9.17) is 0 Å². The maximum Gasteiger partial charge on any atom is 0.416 e. The summed E-state index contributed by atoms with van der Waals surface area (Å²) in [5.74, 6) is -1.27. The van der Waals surface area contributed by atoms with Gasteiger partial charge in [-0.2, -0.15) is 13.2 Å². The van der Waals surface area contributed by atoms with Gasteiger partial charge in [0.15, 0.2) is 0 Å². The van der Waals surface area contributed by atoms with E-state index in [-0.39, 0.29) is 5.75 Å². The van der Waals surface area contributed by atoms with Gasteiger partial charge in [0.05, 0.1) is 11.3 Å². The summed E-state index contributed by atoms with van der Waals surface area (Å²) in [6, 6.07) is 7.91. The number of nitrogens with one attached hydrogen (secondary N) is 1. The molecule has 1 aromatic carbocycles. The summed E-state index contributed by atoms with van der Waals surface area (Å²) < 4.78 is 39.4. The Hall–Kier alpha value is -2.22. The van der Waals surface area contributed by atoms with Crippen LogP contribution in [0.3, 0.4) is 0 Å². The van der Waals surface area contributed by atoms with Gasteiger partial charge in [0.1, 0.15) is 5.69 Å². The van der Waals surface area contributed by atoms with Crippen molar-refractivity contribution in [1.29, 1.82) is 0 Å². The SMILES string of the molecule is Cn1cccc1C(=O)NC(=O)CSc1cccc(C(F)(F)F)c1. The number of benzene rings is 1. The molecule has 0 spiro atoms. The molecule has 0 saturated heterocycles. The molecular formula is C15H13F3N2O2S. The van der Waals surface area contributed by atoms with Crippen LogP contribution in [0, 0.1) is 0 Å². The first-order valence-electron chi connectivity index (χ1n) is 6.53. The number of aromatic nitrogens is 1. The van der Waals surface area contributed by atoms with Gasteiger partial charge in [0, 0.05) is 18.1 Å². The second-order valence-corrected chi connectivity index (χ2v) is 5.74. The molecule has 8 heteroatoms. The van der Waals surface area contributed by atoms with Crippen molar-refractivity contribution in [3.63, 3.8) is 0 Å². The van der Waals surface area contributed by atoms with E-state index < -0.39 is 23.6 Å². The summed E-state index contributed by atoms with van der Waals surface area (Å²) in [6.07, 6.45) is -2.77. The second-order valence-electron chi connectivity index (χ2n) is 4.70. The molecule has 0 saturated carbocycles. The second kappa shape index (κ2) is 6.91. The van der Waals surface area contributed by atoms with E-state index in [0.717, 1.165) is 23.9 Å². The first kappa shape index (κ1) is 17.1. The fourth-order valence-corrected chi connectivity index (χ4v) is 2.59. The van der Waals surface area contributed by atoms with E-state index in [9.17, 15) is 22.8 Å². The number of rotatable bonds is 4. The molecule has 1 aromatic heterocycles. The molecule has 0 atom stereocenters. The van der Waals surface area contributed by atoms with E-state index >= 15 is 0 Å². The molecule has 1 heterocycles. The van der Waals surface area contributed by atoms with Gasteiger partial charge in [-0.3, -0.25) is 14.9 Å². The Kier molecular flexibility index (Phi) is 5.15. The molecule has 0 aliphatic rings. The molecule has 0 fully saturated rings. The van der Waals surface area contributed by atoms with E-state index in [1.54, 1.807) is 29.9 Å². The number of carbonyl (C=O) groups excluding carboxylic acids is 2. The molecule has 0 bridgehead atoms. The molecule has 4 nitrogen and oxygen atoms in total. The molecule has 0 unspecified atom stereocenters. The Morgan fingerprint density at radius 1 is 1.22 bits per heavy atom. The molecule has 0 radical (unpaired) electrons. The van der Waals surface area contributed by atoms with Crippen molar-refractivity contribution in [2.24, 2.45) is 7.05 Å². The zero-order valence-electron chi connectivity index (χ0n) is 12.1. The predicted molar refractivity (Wildman–Crippen MR) is 80.1 cm³/mol. The summed E-state index contributed by atoms with van der Waals surface area (Å²) in [7, 11) is 1.66. The average molecular weight is 342 g/mol. The summed E-state index contributed by atoms with van der Waals surface area (Å²) in [5.41, 5.74) is -0.454. The Labute approximate surface area is 134 Å². The van der Waals surface area contributed by atoms with Crippen LogP contribution in [0.1, 0.15) is 16.1 Å². The van der Waals surface area contributed by atoms with Gasteiger partial charge in [-0.1, -0.05) is 6.07 Å². The highest BCUT2D eigenvalue weighted by atomic mass is 32.2. The van der Waals surface area contributed by atoms with Crippen molar-refractivity contribution < 1.29 is 22.8 Å². The van der Waals surface area contributed by atoms with Crippen LogP contribution in [-0.4, -0.2) is 22.1 Å². The topological polar surface area (TPSA) is 51.1 Å². The number of hydrogen-bond acceptors (Lipinski definition) is 3. The summed E-state index contributed by atoms with van der Waals surface area (Å²) in [4.78, 5) is 23.9. The number of aryl methyl sites for hydroxylation is 1. The highest BCUT2D eigenvalue weighted by Gasteiger charge is 2.30. The van der Waals surface area contributed by atoms with Crippen LogP contribution in [0.25, 0.3) is 0 Å². The number of amides is 2. The lowest BCUT2D eigenvalue weighted by molar-refractivity contribution is -0.137. The third kappa shape index (κ3) is 4.62. The van der Waals surface area contributed by atoms with Crippen LogP contribution in [0.15, 0.2) is 47.5 Å². The minimum Gasteiger partial charge on any atom is -0.347 e. The Bertz CT molecular complexity index is 726. The smallest absolute Gasteiger partial charge is 0.347 e.